The van der Waals surface area contributed by atoms with Crippen LogP contribution < -0.4 is 5.73 Å². The second-order valence-electron chi connectivity index (χ2n) is 4.71. The Morgan fingerprint density at radius 3 is 2.55 bits per heavy atom. The first-order valence-electron chi connectivity index (χ1n) is 6.67. The van der Waals surface area contributed by atoms with Gasteiger partial charge in [-0.1, -0.05) is 36.4 Å². The van der Waals surface area contributed by atoms with Crippen LogP contribution in [0.5, 0.6) is 0 Å². The lowest BCUT2D eigenvalue weighted by Gasteiger charge is -2.16. The van der Waals surface area contributed by atoms with E-state index in [-0.39, 0.29) is 6.61 Å². The van der Waals surface area contributed by atoms with E-state index in [1.165, 1.54) is 0 Å². The maximum Gasteiger partial charge on any atom is 0.139 e. The zero-order valence-electron chi connectivity index (χ0n) is 11.3. The first-order valence-corrected chi connectivity index (χ1v) is 6.67. The number of aromatic nitrogens is 1. The van der Waals surface area contributed by atoms with Crippen molar-refractivity contribution < 1.29 is 9.13 Å². The topological polar surface area (TPSA) is 48.1 Å². The minimum absolute atomic E-state index is 0.00287. The van der Waals surface area contributed by atoms with Crippen molar-refractivity contribution >= 4 is 0 Å². The fourth-order valence-corrected chi connectivity index (χ4v) is 1.88. The molecule has 0 spiro atoms. The number of nitrogens with zero attached hydrogens (tertiary/aromatic N) is 1. The van der Waals surface area contributed by atoms with Crippen LogP contribution in [0.25, 0.3) is 0 Å². The van der Waals surface area contributed by atoms with E-state index in [0.29, 0.717) is 13.0 Å². The molecule has 2 N–H and O–H groups in total. The predicted molar refractivity (Wildman–Crippen MR) is 76.9 cm³/mol. The van der Waals surface area contributed by atoms with Gasteiger partial charge in [0.05, 0.1) is 13.2 Å². The molecule has 0 saturated carbocycles. The van der Waals surface area contributed by atoms with Gasteiger partial charge in [0.15, 0.2) is 0 Å². The van der Waals surface area contributed by atoms with E-state index in [9.17, 15) is 4.39 Å². The molecule has 1 unspecified atom stereocenters. The van der Waals surface area contributed by atoms with Gasteiger partial charge >= 0.3 is 0 Å². The summed E-state index contributed by atoms with van der Waals surface area (Å²) in [5.74, 6) is 0. The quantitative estimate of drug-likeness (QED) is 0.844. The van der Waals surface area contributed by atoms with E-state index >= 15 is 0 Å². The molecule has 0 aliphatic carbocycles. The number of pyridine rings is 1. The molecule has 20 heavy (non-hydrogen) atoms. The van der Waals surface area contributed by atoms with Gasteiger partial charge in [-0.25, -0.2) is 4.39 Å². The van der Waals surface area contributed by atoms with Gasteiger partial charge in [0.25, 0.3) is 0 Å². The molecule has 106 valence electrons. The van der Waals surface area contributed by atoms with E-state index in [2.05, 4.69) is 4.98 Å². The normalized spacial score (nSPS) is 13.9. The van der Waals surface area contributed by atoms with Crippen LogP contribution in [0.15, 0.2) is 54.7 Å². The fourth-order valence-electron chi connectivity index (χ4n) is 1.88. The van der Waals surface area contributed by atoms with Gasteiger partial charge in [0, 0.05) is 24.4 Å². The van der Waals surface area contributed by atoms with Crippen molar-refractivity contribution in [3.63, 3.8) is 0 Å². The molecule has 0 fully saturated rings. The molecule has 0 aliphatic rings. The van der Waals surface area contributed by atoms with Crippen LogP contribution in [0, 0.1) is 0 Å². The van der Waals surface area contributed by atoms with Gasteiger partial charge in [0.1, 0.15) is 6.17 Å². The summed E-state index contributed by atoms with van der Waals surface area (Å²) in [5, 5.41) is 0. The number of alkyl halides is 1. The van der Waals surface area contributed by atoms with Crippen LogP contribution in [0.4, 0.5) is 4.39 Å². The van der Waals surface area contributed by atoms with Gasteiger partial charge in [-0.2, -0.15) is 0 Å². The molecule has 4 heteroatoms. The maximum absolute atomic E-state index is 13.9. The molecule has 2 atom stereocenters. The van der Waals surface area contributed by atoms with Crippen LogP contribution in [0.2, 0.25) is 0 Å². The number of benzene rings is 1. The van der Waals surface area contributed by atoms with Crippen LogP contribution >= 0.6 is 0 Å². The molecule has 1 aromatic carbocycles. The average Bonchev–Trinajstić information content (AvgIpc) is 2.49. The summed E-state index contributed by atoms with van der Waals surface area (Å²) in [6.07, 6.45) is 0.901. The third kappa shape index (κ3) is 4.72. The Hall–Kier alpha value is -1.78. The van der Waals surface area contributed by atoms with E-state index in [4.69, 9.17) is 10.5 Å². The molecule has 1 heterocycles. The molecular formula is C16H19FN2O. The van der Waals surface area contributed by atoms with Gasteiger partial charge in [-0.05, 0) is 17.7 Å². The van der Waals surface area contributed by atoms with Crippen molar-refractivity contribution in [2.75, 3.05) is 6.61 Å². The third-order valence-corrected chi connectivity index (χ3v) is 3.02. The largest absolute Gasteiger partial charge is 0.374 e. The first kappa shape index (κ1) is 14.6. The van der Waals surface area contributed by atoms with Crippen molar-refractivity contribution in [1.29, 1.82) is 0 Å². The first-order chi connectivity index (χ1) is 9.75. The lowest BCUT2D eigenvalue weighted by molar-refractivity contribution is 0.0595. The highest BCUT2D eigenvalue weighted by Gasteiger charge is 2.18. The third-order valence-electron chi connectivity index (χ3n) is 3.02. The van der Waals surface area contributed by atoms with Crippen LogP contribution in [-0.4, -0.2) is 23.8 Å². The van der Waals surface area contributed by atoms with Crippen molar-refractivity contribution in [2.45, 2.75) is 25.2 Å². The Morgan fingerprint density at radius 1 is 1.10 bits per heavy atom. The Labute approximate surface area is 118 Å². The molecule has 1 aromatic heterocycles. The molecule has 3 nitrogen and oxygen atoms in total. The van der Waals surface area contributed by atoms with Crippen LogP contribution in [0.3, 0.4) is 0 Å². The van der Waals surface area contributed by atoms with E-state index in [1.54, 1.807) is 6.20 Å². The summed E-state index contributed by atoms with van der Waals surface area (Å²) in [7, 11) is 0. The lowest BCUT2D eigenvalue weighted by Crippen LogP contribution is -2.37. The second-order valence-corrected chi connectivity index (χ2v) is 4.71. The molecule has 0 bridgehead atoms. The molecule has 2 rings (SSSR count). The van der Waals surface area contributed by atoms with E-state index < -0.39 is 12.2 Å². The van der Waals surface area contributed by atoms with Crippen molar-refractivity contribution in [3.8, 4) is 0 Å². The highest BCUT2D eigenvalue weighted by atomic mass is 19.1. The van der Waals surface area contributed by atoms with Crippen LogP contribution in [0.1, 0.15) is 11.3 Å². The highest BCUT2D eigenvalue weighted by molar-refractivity contribution is 5.13. The fraction of sp³-hybridized carbons (Fsp3) is 0.312. The predicted octanol–water partition coefficient (Wildman–Crippen LogP) is 2.51. The minimum atomic E-state index is -1.19. The zero-order valence-corrected chi connectivity index (χ0v) is 11.3. The average molecular weight is 274 g/mol. The number of nitrogens with two attached hydrogens (primary N) is 1. The number of hydrogen-bond donors (Lipinski definition) is 1. The summed E-state index contributed by atoms with van der Waals surface area (Å²) >= 11 is 0. The Morgan fingerprint density at radius 2 is 1.85 bits per heavy atom. The second kappa shape index (κ2) is 7.72. The van der Waals surface area contributed by atoms with Gasteiger partial charge in [-0.3, -0.25) is 4.98 Å². The van der Waals surface area contributed by atoms with E-state index in [1.807, 2.05) is 48.5 Å². The number of rotatable bonds is 7. The smallest absolute Gasteiger partial charge is 0.139 e. The molecule has 0 aliphatic heterocycles. The summed E-state index contributed by atoms with van der Waals surface area (Å²) in [6, 6.07) is 14.6. The maximum atomic E-state index is 13.9. The molecular weight excluding hydrogens is 255 g/mol. The Kier molecular flexibility index (Phi) is 5.65. The number of halogens is 1. The summed E-state index contributed by atoms with van der Waals surface area (Å²) in [5.41, 5.74) is 7.66. The van der Waals surface area contributed by atoms with Crippen molar-refractivity contribution in [2.24, 2.45) is 5.73 Å². The molecule has 0 radical (unpaired) electrons. The number of ether oxygens (including phenoxy) is 1. The van der Waals surface area contributed by atoms with E-state index in [0.717, 1.165) is 11.3 Å². The summed E-state index contributed by atoms with van der Waals surface area (Å²) in [6.45, 7) is 0.403. The van der Waals surface area contributed by atoms with Crippen molar-refractivity contribution in [1.82, 2.24) is 4.98 Å². The van der Waals surface area contributed by atoms with Gasteiger partial charge in [-0.15, -0.1) is 0 Å². The van der Waals surface area contributed by atoms with Gasteiger partial charge in [0.2, 0.25) is 0 Å². The Balaban J connectivity index is 1.73. The summed E-state index contributed by atoms with van der Waals surface area (Å²) in [4.78, 5) is 4.14. The highest BCUT2D eigenvalue weighted by Crippen LogP contribution is 2.07. The SMILES string of the molecule is NC(Cc1ccccn1)[C@@H](F)COCc1ccccc1. The summed E-state index contributed by atoms with van der Waals surface area (Å²) < 4.78 is 19.3. The van der Waals surface area contributed by atoms with Crippen LogP contribution in [-0.2, 0) is 17.8 Å². The Bertz CT molecular complexity index is 492. The molecule has 0 amide bonds. The monoisotopic (exact) mass is 274 g/mol. The van der Waals surface area contributed by atoms with Gasteiger partial charge < -0.3 is 10.5 Å². The minimum Gasteiger partial charge on any atom is -0.374 e. The molecule has 2 aromatic rings. The molecule has 0 saturated heterocycles. The zero-order chi connectivity index (χ0) is 14.2. The lowest BCUT2D eigenvalue weighted by atomic mass is 10.1. The standard InChI is InChI=1S/C16H19FN2O/c17-15(12-20-11-13-6-2-1-3-7-13)16(18)10-14-8-4-5-9-19-14/h1-9,15-16H,10-12,18H2/t15-,16?/m0/s1. The van der Waals surface area contributed by atoms with Crippen molar-refractivity contribution in [3.05, 3.63) is 66.0 Å². The number of hydrogen-bond acceptors (Lipinski definition) is 3.